The number of aryl methyl sites for hydroxylation is 1. The number of anilines is 1. The van der Waals surface area contributed by atoms with E-state index in [0.717, 1.165) is 13.1 Å². The van der Waals surface area contributed by atoms with Crippen LogP contribution >= 0.6 is 0 Å². The van der Waals surface area contributed by atoms with Gasteiger partial charge in [0.25, 0.3) is 0 Å². The van der Waals surface area contributed by atoms with Gasteiger partial charge in [-0.15, -0.1) is 0 Å². The molecule has 0 atom stereocenters. The molecule has 0 unspecified atom stereocenters. The van der Waals surface area contributed by atoms with Gasteiger partial charge in [0, 0.05) is 12.2 Å². The van der Waals surface area contributed by atoms with E-state index in [-0.39, 0.29) is 0 Å². The average molecular weight is 280 g/mol. The van der Waals surface area contributed by atoms with Gasteiger partial charge in [0.05, 0.1) is 12.1 Å². The van der Waals surface area contributed by atoms with Crippen molar-refractivity contribution >= 4 is 5.69 Å². The lowest BCUT2D eigenvalue weighted by Gasteiger charge is -2.23. The van der Waals surface area contributed by atoms with Crippen molar-refractivity contribution in [3.8, 4) is 11.8 Å². The van der Waals surface area contributed by atoms with Crippen LogP contribution in [0.15, 0.2) is 48.5 Å². The monoisotopic (exact) mass is 280 g/mol. The quantitative estimate of drug-likeness (QED) is 0.808. The highest BCUT2D eigenvalue weighted by molar-refractivity contribution is 5.48. The van der Waals surface area contributed by atoms with E-state index >= 15 is 0 Å². The Bertz CT molecular complexity index is 631. The van der Waals surface area contributed by atoms with Crippen LogP contribution in [0.3, 0.4) is 0 Å². The van der Waals surface area contributed by atoms with E-state index in [4.69, 9.17) is 10.00 Å². The van der Waals surface area contributed by atoms with E-state index in [2.05, 4.69) is 49.1 Å². The fourth-order valence-corrected chi connectivity index (χ4v) is 2.25. The van der Waals surface area contributed by atoms with Gasteiger partial charge in [0.1, 0.15) is 18.4 Å². The molecule has 0 fully saturated rings. The van der Waals surface area contributed by atoms with Crippen LogP contribution in [0.4, 0.5) is 5.69 Å². The highest BCUT2D eigenvalue weighted by atomic mass is 16.5. The summed E-state index contributed by atoms with van der Waals surface area (Å²) in [6.07, 6.45) is 0. The number of rotatable bonds is 6. The molecule has 0 heterocycles. The van der Waals surface area contributed by atoms with Crippen molar-refractivity contribution in [2.75, 3.05) is 24.6 Å². The van der Waals surface area contributed by atoms with Crippen LogP contribution < -0.4 is 9.64 Å². The van der Waals surface area contributed by atoms with Crippen LogP contribution in [-0.4, -0.2) is 19.7 Å². The molecular weight excluding hydrogens is 260 g/mol. The van der Waals surface area contributed by atoms with Gasteiger partial charge in [0.2, 0.25) is 0 Å². The topological polar surface area (TPSA) is 36.3 Å². The summed E-state index contributed by atoms with van der Waals surface area (Å²) >= 11 is 0. The predicted octanol–water partition coefficient (Wildman–Crippen LogP) is 3.77. The summed E-state index contributed by atoms with van der Waals surface area (Å²) in [7, 11) is 0. The van der Waals surface area contributed by atoms with Gasteiger partial charge in [0.15, 0.2) is 0 Å². The average Bonchev–Trinajstić information content (AvgIpc) is 2.52. The molecule has 3 nitrogen and oxygen atoms in total. The molecule has 2 rings (SSSR count). The molecule has 0 aliphatic carbocycles. The normalized spacial score (nSPS) is 9.95. The molecule has 0 spiro atoms. The zero-order chi connectivity index (χ0) is 15.1. The SMILES string of the molecule is CCN(CCOc1ccccc1C#N)c1cccc(C)c1. The molecule has 0 amide bonds. The molecule has 21 heavy (non-hydrogen) atoms. The standard InChI is InChI=1S/C18H20N2O/c1-3-20(17-9-6-7-15(2)13-17)11-12-21-18-10-5-4-8-16(18)14-19/h4-10,13H,3,11-12H2,1-2H3. The van der Waals surface area contributed by atoms with Gasteiger partial charge in [-0.05, 0) is 43.7 Å². The highest BCUT2D eigenvalue weighted by Gasteiger charge is 2.06. The van der Waals surface area contributed by atoms with Crippen molar-refractivity contribution in [3.05, 3.63) is 59.7 Å². The van der Waals surface area contributed by atoms with E-state index in [9.17, 15) is 0 Å². The summed E-state index contributed by atoms with van der Waals surface area (Å²) in [4.78, 5) is 2.27. The number of nitrogens with zero attached hydrogens (tertiary/aromatic N) is 2. The third-order valence-corrected chi connectivity index (χ3v) is 3.37. The Labute approximate surface area is 126 Å². The zero-order valence-electron chi connectivity index (χ0n) is 12.5. The number of hydrogen-bond donors (Lipinski definition) is 0. The zero-order valence-corrected chi connectivity index (χ0v) is 12.5. The van der Waals surface area contributed by atoms with Gasteiger partial charge in [-0.3, -0.25) is 0 Å². The summed E-state index contributed by atoms with van der Waals surface area (Å²) in [6, 6.07) is 17.9. The molecule has 0 aromatic heterocycles. The fourth-order valence-electron chi connectivity index (χ4n) is 2.25. The van der Waals surface area contributed by atoms with E-state index in [1.54, 1.807) is 6.07 Å². The van der Waals surface area contributed by atoms with E-state index in [0.29, 0.717) is 17.9 Å². The Morgan fingerprint density at radius 3 is 2.67 bits per heavy atom. The second kappa shape index (κ2) is 7.35. The summed E-state index contributed by atoms with van der Waals surface area (Å²) < 4.78 is 5.75. The third kappa shape index (κ3) is 4.00. The first-order chi connectivity index (χ1) is 10.2. The van der Waals surface area contributed by atoms with E-state index in [1.165, 1.54) is 11.3 Å². The van der Waals surface area contributed by atoms with Gasteiger partial charge >= 0.3 is 0 Å². The van der Waals surface area contributed by atoms with Crippen LogP contribution in [0, 0.1) is 18.3 Å². The first kappa shape index (κ1) is 14.9. The van der Waals surface area contributed by atoms with Crippen molar-refractivity contribution in [1.29, 1.82) is 5.26 Å². The van der Waals surface area contributed by atoms with Crippen LogP contribution in [0.1, 0.15) is 18.1 Å². The summed E-state index contributed by atoms with van der Waals surface area (Å²) in [5.41, 5.74) is 3.03. The van der Waals surface area contributed by atoms with Gasteiger partial charge in [-0.2, -0.15) is 5.26 Å². The van der Waals surface area contributed by atoms with Crippen LogP contribution in [0.25, 0.3) is 0 Å². The van der Waals surface area contributed by atoms with Crippen molar-refractivity contribution in [3.63, 3.8) is 0 Å². The number of para-hydroxylation sites is 1. The number of ether oxygens (including phenoxy) is 1. The summed E-state index contributed by atoms with van der Waals surface area (Å²) in [5, 5.41) is 9.04. The number of hydrogen-bond acceptors (Lipinski definition) is 3. The minimum absolute atomic E-state index is 0.556. The van der Waals surface area contributed by atoms with Crippen molar-refractivity contribution in [2.45, 2.75) is 13.8 Å². The second-order valence-corrected chi connectivity index (χ2v) is 4.88. The third-order valence-electron chi connectivity index (χ3n) is 3.37. The first-order valence-electron chi connectivity index (χ1n) is 7.18. The van der Waals surface area contributed by atoms with Crippen LogP contribution in [0.5, 0.6) is 5.75 Å². The highest BCUT2D eigenvalue weighted by Crippen LogP contribution is 2.18. The maximum Gasteiger partial charge on any atom is 0.137 e. The molecule has 0 aliphatic heterocycles. The lowest BCUT2D eigenvalue weighted by molar-refractivity contribution is 0.323. The Morgan fingerprint density at radius 1 is 1.14 bits per heavy atom. The minimum atomic E-state index is 0.556. The second-order valence-electron chi connectivity index (χ2n) is 4.88. The number of likely N-dealkylation sites (N-methyl/N-ethyl adjacent to an activating group) is 1. The van der Waals surface area contributed by atoms with E-state index < -0.39 is 0 Å². The number of benzene rings is 2. The van der Waals surface area contributed by atoms with Crippen molar-refractivity contribution in [2.24, 2.45) is 0 Å². The molecule has 0 saturated heterocycles. The maximum absolute atomic E-state index is 9.04. The predicted molar refractivity (Wildman–Crippen MR) is 85.7 cm³/mol. The maximum atomic E-state index is 9.04. The molecule has 108 valence electrons. The lowest BCUT2D eigenvalue weighted by atomic mass is 10.2. The molecule has 2 aromatic carbocycles. The van der Waals surface area contributed by atoms with Crippen LogP contribution in [-0.2, 0) is 0 Å². The Hall–Kier alpha value is -2.47. The van der Waals surface area contributed by atoms with Crippen molar-refractivity contribution < 1.29 is 4.74 Å². The van der Waals surface area contributed by atoms with Gasteiger partial charge in [-0.25, -0.2) is 0 Å². The Morgan fingerprint density at radius 2 is 1.95 bits per heavy atom. The van der Waals surface area contributed by atoms with Crippen LogP contribution in [0.2, 0.25) is 0 Å². The van der Waals surface area contributed by atoms with Crippen molar-refractivity contribution in [1.82, 2.24) is 0 Å². The smallest absolute Gasteiger partial charge is 0.137 e. The first-order valence-corrected chi connectivity index (χ1v) is 7.18. The largest absolute Gasteiger partial charge is 0.490 e. The molecule has 0 radical (unpaired) electrons. The fraction of sp³-hybridized carbons (Fsp3) is 0.278. The molecule has 0 aliphatic rings. The minimum Gasteiger partial charge on any atom is -0.490 e. The van der Waals surface area contributed by atoms with Gasteiger partial charge < -0.3 is 9.64 Å². The molecule has 0 bridgehead atoms. The Kier molecular flexibility index (Phi) is 5.22. The summed E-state index contributed by atoms with van der Waals surface area (Å²) in [5.74, 6) is 0.653. The molecule has 2 aromatic rings. The lowest BCUT2D eigenvalue weighted by Crippen LogP contribution is -2.28. The van der Waals surface area contributed by atoms with E-state index in [1.807, 2.05) is 18.2 Å². The molecule has 3 heteroatoms. The number of nitriles is 1. The van der Waals surface area contributed by atoms with Gasteiger partial charge in [-0.1, -0.05) is 24.3 Å². The Balaban J connectivity index is 1.97. The summed E-state index contributed by atoms with van der Waals surface area (Å²) in [6.45, 7) is 6.50. The molecule has 0 saturated carbocycles. The molecular formula is C18H20N2O. The molecule has 0 N–H and O–H groups in total.